The number of aryl methyl sites for hydroxylation is 1. The zero-order valence-corrected chi connectivity index (χ0v) is 23.4. The van der Waals surface area contributed by atoms with Crippen molar-refractivity contribution in [2.45, 2.75) is 57.0 Å². The van der Waals surface area contributed by atoms with Crippen molar-refractivity contribution in [2.75, 3.05) is 24.7 Å². The van der Waals surface area contributed by atoms with Crippen LogP contribution in [-0.2, 0) is 11.3 Å². The quantitative estimate of drug-likeness (QED) is 0.484. The molecule has 188 valence electrons. The molecule has 2 aliphatic rings. The van der Waals surface area contributed by atoms with Crippen LogP contribution in [0.4, 0.5) is 15.3 Å². The molecule has 35 heavy (non-hydrogen) atoms. The van der Waals surface area contributed by atoms with Crippen LogP contribution in [0.1, 0.15) is 38.2 Å². The predicted octanol–water partition coefficient (Wildman–Crippen LogP) is 3.90. The Balaban J connectivity index is 1.38. The topological polar surface area (TPSA) is 99.6 Å². The lowest BCUT2D eigenvalue weighted by atomic mass is 9.98. The first-order chi connectivity index (χ1) is 16.6. The molecule has 2 N–H and O–H groups in total. The molecule has 1 saturated heterocycles. The molecule has 4 rings (SSSR count). The van der Waals surface area contributed by atoms with Crippen LogP contribution in [0, 0.1) is 10.5 Å². The van der Waals surface area contributed by atoms with Gasteiger partial charge in [0.05, 0.1) is 18.4 Å². The van der Waals surface area contributed by atoms with Crippen LogP contribution in [0.3, 0.4) is 0 Å². The van der Waals surface area contributed by atoms with Crippen molar-refractivity contribution in [1.29, 1.82) is 0 Å². The maximum absolute atomic E-state index is 13.6. The monoisotopic (exact) mass is 610 g/mol. The van der Waals surface area contributed by atoms with Gasteiger partial charge in [-0.2, -0.15) is 11.8 Å². The molecular formula is C24H31IN6O3S. The molecule has 0 radical (unpaired) electrons. The molecular weight excluding hydrogens is 579 g/mol. The third-order valence-electron chi connectivity index (χ3n) is 6.84. The van der Waals surface area contributed by atoms with Crippen LogP contribution in [0.15, 0.2) is 30.5 Å². The van der Waals surface area contributed by atoms with E-state index in [1.807, 2.05) is 61.1 Å². The van der Waals surface area contributed by atoms with Gasteiger partial charge in [-0.25, -0.2) is 14.6 Å². The summed E-state index contributed by atoms with van der Waals surface area (Å²) in [5.41, 5.74) is 1.58. The second-order valence-corrected chi connectivity index (χ2v) is 12.2. The number of halogens is 1. The Bertz CT molecular complexity index is 1110. The first-order valence-electron chi connectivity index (χ1n) is 11.6. The highest BCUT2D eigenvalue weighted by Crippen LogP contribution is 2.30. The van der Waals surface area contributed by atoms with Crippen LogP contribution < -0.4 is 10.6 Å². The summed E-state index contributed by atoms with van der Waals surface area (Å²) in [5, 5.41) is 5.75. The number of carbonyl (C=O) groups excluding carboxylic acids is 3. The van der Waals surface area contributed by atoms with Crippen molar-refractivity contribution in [1.82, 2.24) is 24.7 Å². The second kappa shape index (κ2) is 10.4. The number of urea groups is 1. The number of fused-ring (bicyclic) bond motifs is 1. The van der Waals surface area contributed by atoms with E-state index in [-0.39, 0.29) is 18.0 Å². The Hall–Kier alpha value is -2.28. The first-order valence-corrected chi connectivity index (χ1v) is 13.9. The Morgan fingerprint density at radius 1 is 1.20 bits per heavy atom. The minimum absolute atomic E-state index is 0.0323. The molecule has 9 nitrogen and oxygen atoms in total. The maximum Gasteiger partial charge on any atom is 0.330 e. The second-order valence-electron chi connectivity index (χ2n) is 9.45. The fourth-order valence-corrected chi connectivity index (χ4v) is 5.34. The van der Waals surface area contributed by atoms with Gasteiger partial charge in [0.25, 0.3) is 0 Å². The van der Waals surface area contributed by atoms with Crippen molar-refractivity contribution in [3.05, 3.63) is 45.6 Å². The fourth-order valence-electron chi connectivity index (χ4n) is 4.58. The molecule has 1 aromatic heterocycles. The summed E-state index contributed by atoms with van der Waals surface area (Å²) in [7, 11) is 0. The predicted molar refractivity (Wildman–Crippen MR) is 146 cm³/mol. The average molecular weight is 611 g/mol. The summed E-state index contributed by atoms with van der Waals surface area (Å²) in [6, 6.07) is 6.43. The van der Waals surface area contributed by atoms with E-state index in [1.54, 1.807) is 22.5 Å². The molecule has 2 aliphatic heterocycles. The highest BCUT2D eigenvalue weighted by molar-refractivity contribution is 14.1. The highest BCUT2D eigenvalue weighted by Gasteiger charge is 2.41. The summed E-state index contributed by atoms with van der Waals surface area (Å²) in [5.74, 6) is 0.608. The number of imidazole rings is 1. The zero-order chi connectivity index (χ0) is 25.3. The molecule has 4 amide bonds. The summed E-state index contributed by atoms with van der Waals surface area (Å²) >= 11 is 3.75. The number of carbonyl (C=O) groups is 3. The van der Waals surface area contributed by atoms with Gasteiger partial charge in [0.1, 0.15) is 11.9 Å². The number of aromatic nitrogens is 2. The van der Waals surface area contributed by atoms with Gasteiger partial charge in [-0.1, -0.05) is 0 Å². The number of piperidine rings is 1. The van der Waals surface area contributed by atoms with Gasteiger partial charge in [-0.05, 0) is 86.7 Å². The molecule has 0 aliphatic carbocycles. The lowest BCUT2D eigenvalue weighted by Crippen LogP contribution is -2.59. The number of amides is 4. The Morgan fingerprint density at radius 2 is 1.86 bits per heavy atom. The number of thioether (sulfide) groups is 1. The number of benzene rings is 1. The number of hydrogen-bond acceptors (Lipinski definition) is 5. The molecule has 0 unspecified atom stereocenters. The fraction of sp³-hybridized carbons (Fsp3) is 0.500. The molecule has 0 saturated carbocycles. The molecule has 2 aromatic rings. The standard InChI is InChI=1S/C24H31IN6O3S/c1-15-26-13-19-14-30(23(34)31(15)19)18-9-11-29(12-10-18)21(32)20(24(2,3)35-4)28-22(33)27-17-7-5-16(25)6-8-17/h5-8,13,18,20H,9-12,14H2,1-4H3,(H2,27,28,33)/t20-/m0/s1. The van der Waals surface area contributed by atoms with E-state index in [2.05, 4.69) is 38.2 Å². The smallest absolute Gasteiger partial charge is 0.330 e. The third-order valence-corrected chi connectivity index (χ3v) is 8.85. The number of anilines is 1. The third kappa shape index (κ3) is 5.45. The number of hydrogen-bond donors (Lipinski definition) is 2. The van der Waals surface area contributed by atoms with Gasteiger partial charge in [0.2, 0.25) is 5.91 Å². The van der Waals surface area contributed by atoms with E-state index in [4.69, 9.17) is 0 Å². The molecule has 3 heterocycles. The van der Waals surface area contributed by atoms with E-state index < -0.39 is 16.8 Å². The summed E-state index contributed by atoms with van der Waals surface area (Å²) < 4.78 is 2.24. The normalized spacial score (nSPS) is 17.3. The first kappa shape index (κ1) is 25.8. The van der Waals surface area contributed by atoms with Gasteiger partial charge in [0.15, 0.2) is 0 Å². The molecule has 11 heteroatoms. The van der Waals surface area contributed by atoms with Crippen LogP contribution >= 0.6 is 34.4 Å². The zero-order valence-electron chi connectivity index (χ0n) is 20.4. The maximum atomic E-state index is 13.6. The van der Waals surface area contributed by atoms with Gasteiger partial charge < -0.3 is 20.4 Å². The molecule has 0 bridgehead atoms. The molecule has 1 atom stereocenters. The number of nitrogens with zero attached hydrogens (tertiary/aromatic N) is 4. The minimum Gasteiger partial charge on any atom is -0.341 e. The van der Waals surface area contributed by atoms with Crippen LogP contribution in [0.2, 0.25) is 0 Å². The number of rotatable bonds is 6. The van der Waals surface area contributed by atoms with Crippen LogP contribution in [-0.4, -0.2) is 73.5 Å². The average Bonchev–Trinajstić information content (AvgIpc) is 3.38. The summed E-state index contributed by atoms with van der Waals surface area (Å²) in [6.07, 6.45) is 5.11. The summed E-state index contributed by atoms with van der Waals surface area (Å²) in [6.45, 7) is 7.40. The van der Waals surface area contributed by atoms with Crippen molar-refractivity contribution in [3.8, 4) is 0 Å². The molecule has 1 fully saturated rings. The van der Waals surface area contributed by atoms with E-state index >= 15 is 0 Å². The number of nitrogens with one attached hydrogen (secondary N) is 2. The van der Waals surface area contributed by atoms with Gasteiger partial charge in [-0.15, -0.1) is 0 Å². The SMILES string of the molecule is CSC(C)(C)[C@@H](NC(=O)Nc1ccc(I)cc1)C(=O)N1CCC(N2Cc3cnc(C)n3C2=O)CC1. The molecule has 0 spiro atoms. The minimum atomic E-state index is -0.694. The van der Waals surface area contributed by atoms with Crippen LogP contribution in [0.25, 0.3) is 0 Å². The van der Waals surface area contributed by atoms with Crippen molar-refractivity contribution < 1.29 is 14.4 Å². The Kier molecular flexibility index (Phi) is 7.65. The van der Waals surface area contributed by atoms with Crippen molar-refractivity contribution in [2.24, 2.45) is 0 Å². The van der Waals surface area contributed by atoms with Crippen LogP contribution in [0.5, 0.6) is 0 Å². The van der Waals surface area contributed by atoms with Crippen molar-refractivity contribution in [3.63, 3.8) is 0 Å². The van der Waals surface area contributed by atoms with E-state index in [9.17, 15) is 14.4 Å². The summed E-state index contributed by atoms with van der Waals surface area (Å²) in [4.78, 5) is 47.2. The van der Waals surface area contributed by atoms with E-state index in [0.29, 0.717) is 44.0 Å². The molecule has 1 aromatic carbocycles. The van der Waals surface area contributed by atoms with Gasteiger partial charge in [-0.3, -0.25) is 9.36 Å². The van der Waals surface area contributed by atoms with E-state index in [0.717, 1.165) is 9.26 Å². The van der Waals surface area contributed by atoms with E-state index in [1.165, 1.54) is 0 Å². The van der Waals surface area contributed by atoms with Gasteiger partial charge in [0, 0.05) is 33.1 Å². The van der Waals surface area contributed by atoms with Crippen molar-refractivity contribution >= 4 is 58.0 Å². The highest BCUT2D eigenvalue weighted by atomic mass is 127. The van der Waals surface area contributed by atoms with Gasteiger partial charge >= 0.3 is 12.1 Å². The Morgan fingerprint density at radius 3 is 2.46 bits per heavy atom. The Labute approximate surface area is 223 Å². The largest absolute Gasteiger partial charge is 0.341 e. The number of likely N-dealkylation sites (tertiary alicyclic amines) is 1. The lowest BCUT2D eigenvalue weighted by Gasteiger charge is -2.40. The lowest BCUT2D eigenvalue weighted by molar-refractivity contribution is -0.135.